The van der Waals surface area contributed by atoms with Crippen molar-refractivity contribution in [1.82, 2.24) is 5.32 Å². The molecule has 5 rings (SSSR count). The van der Waals surface area contributed by atoms with E-state index in [1.807, 2.05) is 121 Å². The van der Waals surface area contributed by atoms with Gasteiger partial charge in [0.15, 0.2) is 12.4 Å². The predicted molar refractivity (Wildman–Crippen MR) is 326 cm³/mol. The zero-order valence-corrected chi connectivity index (χ0v) is 50.3. The fraction of sp³-hybridized carbons (Fsp3) is 0.614. The Morgan fingerprint density at radius 2 is 0.768 bits per heavy atom. The van der Waals surface area contributed by atoms with Gasteiger partial charge in [0.1, 0.15) is 37.6 Å². The number of alkyl carbamates (subject to hydrolysis) is 1. The number of unbranched alkanes of at least 4 members (excludes halogenated alkanes) is 24. The van der Waals surface area contributed by atoms with Crippen molar-refractivity contribution in [1.29, 1.82) is 0 Å². The number of carbonyl (C=O) groups is 3. The summed E-state index contributed by atoms with van der Waals surface area (Å²) in [5.41, 5.74) is 3.64. The molecule has 0 unspecified atom stereocenters. The second-order valence-electron chi connectivity index (χ2n) is 22.4. The van der Waals surface area contributed by atoms with E-state index in [-0.39, 0.29) is 71.0 Å². The molecule has 0 saturated carbocycles. The molecule has 1 aliphatic heterocycles. The van der Waals surface area contributed by atoms with Gasteiger partial charge in [0.2, 0.25) is 0 Å². The summed E-state index contributed by atoms with van der Waals surface area (Å²) in [6.07, 6.45) is 25.9. The smallest absolute Gasteiger partial charge is 0.407 e. The van der Waals surface area contributed by atoms with Gasteiger partial charge in [0.25, 0.3) is 0 Å². The first-order valence-electron chi connectivity index (χ1n) is 31.9. The van der Waals surface area contributed by atoms with Gasteiger partial charge < -0.3 is 43.2 Å². The summed E-state index contributed by atoms with van der Waals surface area (Å²) < 4.78 is 51.8. The number of hydrogen-bond acceptors (Lipinski definition) is 11. The third-order valence-electron chi connectivity index (χ3n) is 15.3. The van der Waals surface area contributed by atoms with Crippen LogP contribution in [0.5, 0.6) is 0 Å². The standard InChI is InChI=1S/C70H103NO11/c1-3-5-7-9-11-13-15-17-19-21-23-25-39-49-64(72)75-56-62(81-65(73)50-40-26-24-22-20-18-16-14-12-10-8-6-4-2)57-79-69-68(78-54-60-45-35-29-36-46-60)67(77-53-59-43-33-28-34-44-59)66(76-52-58-41-31-27-32-42-58)63(82-69)51-71-70(74)80-55-61-47-37-30-38-48-61/h27-38,41-48,62-63,66-69H,3-26,39-40,49-57H2,1-2H3,(H,71,74)/t62-,63-,66-,67+,68-,69+/m1/s1. The molecule has 0 radical (unpaired) electrons. The Bertz CT molecular complexity index is 2180. The Morgan fingerprint density at radius 1 is 0.402 bits per heavy atom. The summed E-state index contributed by atoms with van der Waals surface area (Å²) in [7, 11) is 0. The largest absolute Gasteiger partial charge is 0.462 e. The first-order chi connectivity index (χ1) is 40.4. The van der Waals surface area contributed by atoms with E-state index in [1.54, 1.807) is 0 Å². The maximum atomic E-state index is 13.7. The Balaban J connectivity index is 1.28. The van der Waals surface area contributed by atoms with E-state index < -0.39 is 42.9 Å². The fourth-order valence-electron chi connectivity index (χ4n) is 10.4. The number of hydrogen-bond donors (Lipinski definition) is 1. The highest BCUT2D eigenvalue weighted by atomic mass is 16.7. The van der Waals surface area contributed by atoms with Gasteiger partial charge in [-0.2, -0.15) is 0 Å². The van der Waals surface area contributed by atoms with E-state index in [9.17, 15) is 14.4 Å². The van der Waals surface area contributed by atoms with Gasteiger partial charge in [-0.05, 0) is 35.1 Å². The highest BCUT2D eigenvalue weighted by molar-refractivity contribution is 5.70. The third kappa shape index (κ3) is 30.4. The highest BCUT2D eigenvalue weighted by Crippen LogP contribution is 2.32. The van der Waals surface area contributed by atoms with Crippen LogP contribution in [0.4, 0.5) is 4.79 Å². The molecule has 82 heavy (non-hydrogen) atoms. The van der Waals surface area contributed by atoms with Crippen molar-refractivity contribution >= 4 is 18.0 Å². The molecule has 4 aromatic rings. The highest BCUT2D eigenvalue weighted by Gasteiger charge is 2.49. The van der Waals surface area contributed by atoms with E-state index in [2.05, 4.69) is 19.2 Å². The second-order valence-corrected chi connectivity index (χ2v) is 22.4. The van der Waals surface area contributed by atoms with Gasteiger partial charge in [-0.25, -0.2) is 4.79 Å². The summed E-state index contributed by atoms with van der Waals surface area (Å²) in [6.45, 7) is 4.83. The Morgan fingerprint density at radius 3 is 1.20 bits per heavy atom. The van der Waals surface area contributed by atoms with Crippen LogP contribution >= 0.6 is 0 Å². The average molecular weight is 1130 g/mol. The molecule has 0 aliphatic carbocycles. The molecule has 4 aromatic carbocycles. The number of ether oxygens (including phenoxy) is 8. The molecular weight excluding hydrogens is 1030 g/mol. The predicted octanol–water partition coefficient (Wildman–Crippen LogP) is 16.8. The molecule has 0 spiro atoms. The van der Waals surface area contributed by atoms with E-state index in [1.165, 1.54) is 122 Å². The van der Waals surface area contributed by atoms with Crippen molar-refractivity contribution in [2.24, 2.45) is 0 Å². The van der Waals surface area contributed by atoms with Crippen LogP contribution < -0.4 is 5.32 Å². The Hall–Kier alpha value is -5.11. The molecular formula is C70H103NO11. The van der Waals surface area contributed by atoms with Crippen LogP contribution in [-0.2, 0) is 73.9 Å². The fourth-order valence-corrected chi connectivity index (χ4v) is 10.4. The number of rotatable bonds is 47. The zero-order valence-electron chi connectivity index (χ0n) is 50.3. The van der Waals surface area contributed by atoms with Crippen molar-refractivity contribution in [3.8, 4) is 0 Å². The molecule has 0 aromatic heterocycles. The van der Waals surface area contributed by atoms with E-state index in [4.69, 9.17) is 37.9 Å². The molecule has 0 bridgehead atoms. The van der Waals surface area contributed by atoms with Crippen LogP contribution in [0.15, 0.2) is 121 Å². The minimum atomic E-state index is -1.13. The van der Waals surface area contributed by atoms with Gasteiger partial charge in [-0.15, -0.1) is 0 Å². The van der Waals surface area contributed by atoms with E-state index >= 15 is 0 Å². The van der Waals surface area contributed by atoms with Gasteiger partial charge in [-0.1, -0.05) is 289 Å². The topological polar surface area (TPSA) is 137 Å². The lowest BCUT2D eigenvalue weighted by molar-refractivity contribution is -0.325. The van der Waals surface area contributed by atoms with Crippen LogP contribution in [0.1, 0.15) is 216 Å². The molecule has 1 heterocycles. The van der Waals surface area contributed by atoms with E-state index in [0.717, 1.165) is 60.8 Å². The maximum absolute atomic E-state index is 13.7. The second kappa shape index (κ2) is 44.4. The van der Waals surface area contributed by atoms with Crippen LogP contribution in [0.3, 0.4) is 0 Å². The molecule has 1 N–H and O–H groups in total. The lowest BCUT2D eigenvalue weighted by atomic mass is 9.97. The quantitative estimate of drug-likeness (QED) is 0.0257. The minimum Gasteiger partial charge on any atom is -0.462 e. The van der Waals surface area contributed by atoms with Gasteiger partial charge in [0.05, 0.1) is 26.4 Å². The maximum Gasteiger partial charge on any atom is 0.407 e. The molecule has 12 heteroatoms. The molecule has 1 amide bonds. The van der Waals surface area contributed by atoms with Crippen LogP contribution in [0, 0.1) is 0 Å². The molecule has 1 fully saturated rings. The van der Waals surface area contributed by atoms with Crippen molar-refractivity contribution in [2.75, 3.05) is 19.8 Å². The summed E-state index contributed by atoms with van der Waals surface area (Å²) in [6, 6.07) is 39.0. The first kappa shape index (κ1) is 67.7. The van der Waals surface area contributed by atoms with Crippen molar-refractivity contribution in [3.05, 3.63) is 144 Å². The SMILES string of the molecule is CCCCCCCCCCCCCCCC(=O)OC[C@H](CO[C@H]1O[C@H](CNC(=O)OCc2ccccc2)[C@@H](OCc2ccccc2)[C@H](OCc2ccccc2)[C@H]1OCc1ccccc1)OC(=O)CCCCCCCCCCCCCCC. The average Bonchev–Trinajstić information content (AvgIpc) is 3.66. The molecule has 1 aliphatic rings. The lowest BCUT2D eigenvalue weighted by Crippen LogP contribution is -2.63. The van der Waals surface area contributed by atoms with Gasteiger partial charge in [-0.3, -0.25) is 9.59 Å². The third-order valence-corrected chi connectivity index (χ3v) is 15.3. The van der Waals surface area contributed by atoms with Crippen LogP contribution in [0.25, 0.3) is 0 Å². The molecule has 12 nitrogen and oxygen atoms in total. The van der Waals surface area contributed by atoms with Crippen molar-refractivity contribution < 1.29 is 52.3 Å². The van der Waals surface area contributed by atoms with Crippen LogP contribution in [0.2, 0.25) is 0 Å². The number of amides is 1. The van der Waals surface area contributed by atoms with Crippen LogP contribution in [-0.4, -0.2) is 74.6 Å². The monoisotopic (exact) mass is 1130 g/mol. The number of carbonyl (C=O) groups excluding carboxylic acids is 3. The summed E-state index contributed by atoms with van der Waals surface area (Å²) in [4.78, 5) is 40.4. The summed E-state index contributed by atoms with van der Waals surface area (Å²) in [5, 5.41) is 2.91. The van der Waals surface area contributed by atoms with E-state index in [0.29, 0.717) is 6.42 Å². The van der Waals surface area contributed by atoms with Crippen molar-refractivity contribution in [3.63, 3.8) is 0 Å². The molecule has 1 saturated heterocycles. The summed E-state index contributed by atoms with van der Waals surface area (Å²) in [5.74, 6) is -0.711. The zero-order chi connectivity index (χ0) is 57.8. The molecule has 454 valence electrons. The minimum absolute atomic E-state index is 0.0299. The van der Waals surface area contributed by atoms with Crippen molar-refractivity contribution in [2.45, 2.75) is 257 Å². The van der Waals surface area contributed by atoms with Gasteiger partial charge >= 0.3 is 18.0 Å². The van der Waals surface area contributed by atoms with Gasteiger partial charge in [0, 0.05) is 19.4 Å². The first-order valence-corrected chi connectivity index (χ1v) is 31.9. The summed E-state index contributed by atoms with van der Waals surface area (Å²) >= 11 is 0. The Labute approximate surface area is 493 Å². The Kier molecular flexibility index (Phi) is 36.7. The lowest BCUT2D eigenvalue weighted by Gasteiger charge is -2.46. The number of esters is 2. The molecule has 6 atom stereocenters. The number of nitrogens with one attached hydrogen (secondary N) is 1. The normalized spacial score (nSPS) is 17.3. The number of benzene rings is 4.